The van der Waals surface area contributed by atoms with Gasteiger partial charge in [0.15, 0.2) is 0 Å². The second-order valence-corrected chi connectivity index (χ2v) is 4.56. The van der Waals surface area contributed by atoms with Gasteiger partial charge in [-0.2, -0.15) is 13.2 Å². The Bertz CT molecular complexity index is 663. The summed E-state index contributed by atoms with van der Waals surface area (Å²) >= 11 is 0. The lowest BCUT2D eigenvalue weighted by Crippen LogP contribution is -2.39. The van der Waals surface area contributed by atoms with Crippen LogP contribution in [0.15, 0.2) is 33.2 Å². The number of halogens is 3. The predicted molar refractivity (Wildman–Crippen MR) is 63.8 cm³/mol. The largest absolute Gasteiger partial charge is 0.470 e. The standard InChI is InChI=1S/C11H10F3N5O2/c12-11(13,14)8-19-18-7(21-8)10(16)2-1-6-5(3-10)4-20-9(15)17-6/h1-3,9H,4,15-16H2. The van der Waals surface area contributed by atoms with E-state index in [-0.39, 0.29) is 12.5 Å². The van der Waals surface area contributed by atoms with Crippen molar-refractivity contribution in [2.45, 2.75) is 18.1 Å². The molecule has 0 radical (unpaired) electrons. The first kappa shape index (κ1) is 13.9. The number of allylic oxidation sites excluding steroid dienone is 1. The Morgan fingerprint density at radius 2 is 2.10 bits per heavy atom. The highest BCUT2D eigenvalue weighted by Crippen LogP contribution is 2.32. The summed E-state index contributed by atoms with van der Waals surface area (Å²) in [5, 5.41) is 6.33. The Labute approximate surface area is 116 Å². The Kier molecular flexibility index (Phi) is 2.97. The van der Waals surface area contributed by atoms with Crippen LogP contribution in [0, 0.1) is 0 Å². The first-order valence-corrected chi connectivity index (χ1v) is 5.84. The number of hydrogen-bond acceptors (Lipinski definition) is 7. The highest BCUT2D eigenvalue weighted by atomic mass is 19.4. The summed E-state index contributed by atoms with van der Waals surface area (Å²) < 4.78 is 47.2. The number of hydrogen-bond donors (Lipinski definition) is 2. The maximum atomic E-state index is 12.5. The molecule has 10 heteroatoms. The molecule has 0 spiro atoms. The lowest BCUT2D eigenvalue weighted by Gasteiger charge is -2.27. The molecule has 2 heterocycles. The Hall–Kier alpha value is -2.04. The molecular weight excluding hydrogens is 291 g/mol. The Morgan fingerprint density at radius 1 is 1.33 bits per heavy atom. The van der Waals surface area contributed by atoms with Gasteiger partial charge in [-0.05, 0) is 18.2 Å². The van der Waals surface area contributed by atoms with Crippen molar-refractivity contribution >= 4 is 5.71 Å². The molecule has 1 aliphatic carbocycles. The molecule has 1 aromatic heterocycles. The average Bonchev–Trinajstić information content (AvgIpc) is 2.89. The quantitative estimate of drug-likeness (QED) is 0.779. The summed E-state index contributed by atoms with van der Waals surface area (Å²) in [6.07, 6.45) is -1.07. The maximum absolute atomic E-state index is 12.5. The molecule has 7 nitrogen and oxygen atoms in total. The van der Waals surface area contributed by atoms with Crippen molar-refractivity contribution in [3.63, 3.8) is 0 Å². The summed E-state index contributed by atoms with van der Waals surface area (Å²) in [4.78, 5) is 4.02. The van der Waals surface area contributed by atoms with Crippen LogP contribution in [0.3, 0.4) is 0 Å². The Morgan fingerprint density at radius 3 is 2.76 bits per heavy atom. The van der Waals surface area contributed by atoms with Crippen molar-refractivity contribution in [1.29, 1.82) is 0 Å². The van der Waals surface area contributed by atoms with Gasteiger partial charge in [-0.1, -0.05) is 0 Å². The molecule has 1 aliphatic heterocycles. The third kappa shape index (κ3) is 2.48. The first-order valence-electron chi connectivity index (χ1n) is 5.84. The second-order valence-electron chi connectivity index (χ2n) is 4.56. The van der Waals surface area contributed by atoms with Crippen molar-refractivity contribution < 1.29 is 22.3 Å². The molecule has 0 amide bonds. The van der Waals surface area contributed by atoms with Crippen molar-refractivity contribution in [2.24, 2.45) is 16.5 Å². The second kappa shape index (κ2) is 4.48. The molecule has 0 fully saturated rings. The van der Waals surface area contributed by atoms with Gasteiger partial charge in [0.05, 0.1) is 12.3 Å². The van der Waals surface area contributed by atoms with Crippen LogP contribution >= 0.6 is 0 Å². The number of ether oxygens (including phenoxy) is 1. The van der Waals surface area contributed by atoms with E-state index in [2.05, 4.69) is 19.6 Å². The highest BCUT2D eigenvalue weighted by molar-refractivity contribution is 6.10. The van der Waals surface area contributed by atoms with Crippen LogP contribution in [0.1, 0.15) is 11.8 Å². The van der Waals surface area contributed by atoms with Crippen molar-refractivity contribution in [3.8, 4) is 0 Å². The van der Waals surface area contributed by atoms with Gasteiger partial charge in [0.2, 0.25) is 12.2 Å². The fourth-order valence-corrected chi connectivity index (χ4v) is 1.97. The van der Waals surface area contributed by atoms with E-state index >= 15 is 0 Å². The van der Waals surface area contributed by atoms with Gasteiger partial charge in [-0.25, -0.2) is 4.99 Å². The molecule has 21 heavy (non-hydrogen) atoms. The molecule has 2 aliphatic rings. The molecule has 0 bridgehead atoms. The van der Waals surface area contributed by atoms with Gasteiger partial charge >= 0.3 is 12.1 Å². The van der Waals surface area contributed by atoms with Crippen LogP contribution in [0.4, 0.5) is 13.2 Å². The summed E-state index contributed by atoms with van der Waals surface area (Å²) in [6.45, 7) is 0.142. The maximum Gasteiger partial charge on any atom is 0.470 e. The monoisotopic (exact) mass is 301 g/mol. The van der Waals surface area contributed by atoms with E-state index in [1.807, 2.05) is 0 Å². The molecule has 3 rings (SSSR count). The van der Waals surface area contributed by atoms with Crippen LogP contribution in [-0.4, -0.2) is 28.9 Å². The van der Waals surface area contributed by atoms with Crippen LogP contribution < -0.4 is 11.5 Å². The van der Waals surface area contributed by atoms with Gasteiger partial charge in [0.25, 0.3) is 0 Å². The average molecular weight is 301 g/mol. The molecule has 0 saturated heterocycles. The fourth-order valence-electron chi connectivity index (χ4n) is 1.97. The van der Waals surface area contributed by atoms with E-state index in [4.69, 9.17) is 16.2 Å². The van der Waals surface area contributed by atoms with Crippen LogP contribution in [0.5, 0.6) is 0 Å². The summed E-state index contributed by atoms with van der Waals surface area (Å²) in [6, 6.07) is 0. The lowest BCUT2D eigenvalue weighted by molar-refractivity contribution is -0.157. The summed E-state index contributed by atoms with van der Waals surface area (Å²) in [5.74, 6) is -1.82. The number of aliphatic imine (C=N–C) groups is 1. The molecule has 4 N–H and O–H groups in total. The lowest BCUT2D eigenvalue weighted by atomic mass is 9.89. The zero-order valence-corrected chi connectivity index (χ0v) is 10.5. The van der Waals surface area contributed by atoms with Crippen molar-refractivity contribution in [3.05, 3.63) is 35.6 Å². The SMILES string of the molecule is NC1N=C2C=CC(N)(c3nnc(C(F)(F)F)o3)C=C2CO1. The van der Waals surface area contributed by atoms with Gasteiger partial charge in [-0.3, -0.25) is 5.73 Å². The van der Waals surface area contributed by atoms with Crippen LogP contribution in [0.25, 0.3) is 0 Å². The minimum Gasteiger partial charge on any atom is -0.415 e. The molecule has 112 valence electrons. The van der Waals surface area contributed by atoms with Crippen LogP contribution in [0.2, 0.25) is 0 Å². The van der Waals surface area contributed by atoms with Crippen molar-refractivity contribution in [2.75, 3.05) is 6.61 Å². The highest BCUT2D eigenvalue weighted by Gasteiger charge is 2.41. The van der Waals surface area contributed by atoms with Gasteiger partial charge in [0.1, 0.15) is 5.54 Å². The third-order valence-electron chi connectivity index (χ3n) is 2.97. The topological polar surface area (TPSA) is 113 Å². The van der Waals surface area contributed by atoms with Gasteiger partial charge in [-0.15, -0.1) is 10.2 Å². The molecule has 2 unspecified atom stereocenters. The normalized spacial score (nSPS) is 28.9. The number of nitrogens with zero attached hydrogens (tertiary/aromatic N) is 3. The smallest absolute Gasteiger partial charge is 0.415 e. The Balaban J connectivity index is 1.96. The zero-order valence-electron chi connectivity index (χ0n) is 10.5. The van der Waals surface area contributed by atoms with E-state index in [9.17, 15) is 13.2 Å². The van der Waals surface area contributed by atoms with Gasteiger partial charge in [0, 0.05) is 5.57 Å². The number of aromatic nitrogens is 2. The summed E-state index contributed by atoms with van der Waals surface area (Å²) in [5.41, 5.74) is 11.2. The fraction of sp³-hybridized carbons (Fsp3) is 0.364. The third-order valence-corrected chi connectivity index (χ3v) is 2.97. The first-order chi connectivity index (χ1) is 9.78. The van der Waals surface area contributed by atoms with Crippen LogP contribution in [-0.2, 0) is 16.5 Å². The van der Waals surface area contributed by atoms with E-state index in [0.29, 0.717) is 11.3 Å². The summed E-state index contributed by atoms with van der Waals surface area (Å²) in [7, 11) is 0. The molecule has 2 atom stereocenters. The predicted octanol–water partition coefficient (Wildman–Crippen LogP) is 0.452. The van der Waals surface area contributed by atoms with E-state index in [0.717, 1.165) is 0 Å². The van der Waals surface area contributed by atoms with Crippen molar-refractivity contribution in [1.82, 2.24) is 10.2 Å². The molecular formula is C11H10F3N5O2. The number of fused-ring (bicyclic) bond motifs is 1. The minimum atomic E-state index is -4.72. The number of nitrogens with two attached hydrogens (primary N) is 2. The molecule has 0 saturated carbocycles. The van der Waals surface area contributed by atoms with Gasteiger partial charge < -0.3 is 14.9 Å². The zero-order chi connectivity index (χ0) is 15.3. The minimum absolute atomic E-state index is 0.142. The molecule has 0 aromatic carbocycles. The number of alkyl halides is 3. The van der Waals surface area contributed by atoms with E-state index in [1.54, 1.807) is 0 Å². The molecule has 1 aromatic rings. The number of rotatable bonds is 1. The van der Waals surface area contributed by atoms with E-state index in [1.165, 1.54) is 18.2 Å². The van der Waals surface area contributed by atoms with E-state index < -0.39 is 24.0 Å².